The zero-order valence-corrected chi connectivity index (χ0v) is 20.3. The van der Waals surface area contributed by atoms with Crippen LogP contribution in [0.4, 0.5) is 4.79 Å². The summed E-state index contributed by atoms with van der Waals surface area (Å²) in [6, 6.07) is 15.7. The van der Waals surface area contributed by atoms with E-state index >= 15 is 0 Å². The molecule has 2 fully saturated rings. The van der Waals surface area contributed by atoms with Gasteiger partial charge in [-0.1, -0.05) is 61.4 Å². The van der Waals surface area contributed by atoms with Crippen LogP contribution in [0.3, 0.4) is 0 Å². The van der Waals surface area contributed by atoms with Crippen molar-refractivity contribution in [1.29, 1.82) is 0 Å². The Labute approximate surface area is 209 Å². The molecule has 0 spiro atoms. The van der Waals surface area contributed by atoms with Gasteiger partial charge < -0.3 is 20.1 Å². The molecule has 1 aliphatic heterocycles. The first-order chi connectivity index (χ1) is 17.0. The van der Waals surface area contributed by atoms with Crippen molar-refractivity contribution in [1.82, 2.24) is 10.2 Å². The predicted molar refractivity (Wildman–Crippen MR) is 134 cm³/mol. The molecule has 5 rings (SSSR count). The highest BCUT2D eigenvalue weighted by molar-refractivity contribution is 7.99. The third-order valence-corrected chi connectivity index (χ3v) is 8.54. The zero-order chi connectivity index (χ0) is 24.4. The molecule has 2 aromatic rings. The SMILES string of the molecule is O=C(NC[C@@H]1CCCC[C@@H]1C(=O)N1CSC[C@H]1C(=O)O)OCC1c2ccccc2-c2ccccc21. The maximum Gasteiger partial charge on any atom is 0.407 e. The van der Waals surface area contributed by atoms with E-state index in [9.17, 15) is 19.5 Å². The van der Waals surface area contributed by atoms with E-state index in [1.165, 1.54) is 27.8 Å². The largest absolute Gasteiger partial charge is 0.480 e. The van der Waals surface area contributed by atoms with Crippen molar-refractivity contribution >= 4 is 29.7 Å². The fourth-order valence-electron chi connectivity index (χ4n) is 5.72. The van der Waals surface area contributed by atoms with Crippen molar-refractivity contribution in [3.63, 3.8) is 0 Å². The second-order valence-corrected chi connectivity index (χ2v) is 10.5. The summed E-state index contributed by atoms with van der Waals surface area (Å²) in [6.45, 7) is 0.601. The number of thioether (sulfide) groups is 1. The van der Waals surface area contributed by atoms with Gasteiger partial charge in [-0.25, -0.2) is 9.59 Å². The number of carbonyl (C=O) groups excluding carboxylic acids is 2. The number of carbonyl (C=O) groups is 3. The molecule has 35 heavy (non-hydrogen) atoms. The highest BCUT2D eigenvalue weighted by Gasteiger charge is 2.41. The molecule has 184 valence electrons. The maximum absolute atomic E-state index is 13.2. The van der Waals surface area contributed by atoms with Crippen LogP contribution in [0, 0.1) is 11.8 Å². The molecular weight excluding hydrogens is 464 g/mol. The van der Waals surface area contributed by atoms with Crippen LogP contribution >= 0.6 is 11.8 Å². The molecule has 1 heterocycles. The Kier molecular flexibility index (Phi) is 7.00. The minimum absolute atomic E-state index is 0.00206. The average Bonchev–Trinajstić information content (AvgIpc) is 3.50. The quantitative estimate of drug-likeness (QED) is 0.621. The van der Waals surface area contributed by atoms with Crippen LogP contribution in [0.5, 0.6) is 0 Å². The first-order valence-corrected chi connectivity index (χ1v) is 13.4. The molecular formula is C27H30N2O5S. The van der Waals surface area contributed by atoms with Crippen molar-refractivity contribution in [3.05, 3.63) is 59.7 Å². The van der Waals surface area contributed by atoms with Gasteiger partial charge >= 0.3 is 12.1 Å². The van der Waals surface area contributed by atoms with Crippen molar-refractivity contribution in [3.8, 4) is 11.1 Å². The molecule has 2 N–H and O–H groups in total. The molecule has 2 aliphatic carbocycles. The van der Waals surface area contributed by atoms with E-state index in [2.05, 4.69) is 29.6 Å². The van der Waals surface area contributed by atoms with Crippen LogP contribution in [0.1, 0.15) is 42.7 Å². The lowest BCUT2D eigenvalue weighted by Crippen LogP contribution is -2.48. The van der Waals surface area contributed by atoms with E-state index in [0.717, 1.165) is 36.8 Å². The number of ether oxygens (including phenoxy) is 1. The minimum Gasteiger partial charge on any atom is -0.480 e. The van der Waals surface area contributed by atoms with Crippen molar-refractivity contribution in [2.24, 2.45) is 11.8 Å². The number of hydrogen-bond donors (Lipinski definition) is 2. The monoisotopic (exact) mass is 494 g/mol. The lowest BCUT2D eigenvalue weighted by molar-refractivity contribution is -0.150. The number of carboxylic acid groups (broad SMARTS) is 1. The Morgan fingerprint density at radius 3 is 2.34 bits per heavy atom. The van der Waals surface area contributed by atoms with Gasteiger partial charge in [0.05, 0.1) is 5.88 Å². The van der Waals surface area contributed by atoms with Crippen LogP contribution in [-0.4, -0.2) is 58.8 Å². The van der Waals surface area contributed by atoms with Crippen LogP contribution in [0.25, 0.3) is 11.1 Å². The Morgan fingerprint density at radius 1 is 1.00 bits per heavy atom. The molecule has 1 saturated carbocycles. The number of hydrogen-bond acceptors (Lipinski definition) is 5. The van der Waals surface area contributed by atoms with Crippen molar-refractivity contribution < 1.29 is 24.2 Å². The third-order valence-electron chi connectivity index (χ3n) is 7.53. The summed E-state index contributed by atoms with van der Waals surface area (Å²) in [6.07, 6.45) is 3.01. The normalized spacial score (nSPS) is 23.4. The van der Waals surface area contributed by atoms with Gasteiger partial charge in [-0.3, -0.25) is 4.79 Å². The van der Waals surface area contributed by atoms with Gasteiger partial charge in [0.2, 0.25) is 5.91 Å². The van der Waals surface area contributed by atoms with E-state index in [1.54, 1.807) is 0 Å². The van der Waals surface area contributed by atoms with E-state index in [4.69, 9.17) is 4.74 Å². The number of amides is 2. The van der Waals surface area contributed by atoms with Crippen LogP contribution in [0.15, 0.2) is 48.5 Å². The molecule has 7 nitrogen and oxygen atoms in total. The van der Waals surface area contributed by atoms with E-state index in [1.807, 2.05) is 24.3 Å². The number of carboxylic acids is 1. The number of alkyl carbamates (subject to hydrolysis) is 1. The number of rotatable bonds is 6. The summed E-state index contributed by atoms with van der Waals surface area (Å²) >= 11 is 1.47. The zero-order valence-electron chi connectivity index (χ0n) is 19.5. The van der Waals surface area contributed by atoms with Crippen molar-refractivity contribution in [2.45, 2.75) is 37.6 Å². The van der Waals surface area contributed by atoms with E-state index in [0.29, 0.717) is 18.2 Å². The molecule has 0 bridgehead atoms. The molecule has 2 amide bonds. The third kappa shape index (κ3) is 4.76. The molecule has 0 aromatic heterocycles. The van der Waals surface area contributed by atoms with Gasteiger partial charge in [0, 0.05) is 24.1 Å². The van der Waals surface area contributed by atoms with Crippen LogP contribution in [-0.2, 0) is 14.3 Å². The van der Waals surface area contributed by atoms with Gasteiger partial charge in [0.1, 0.15) is 12.6 Å². The van der Waals surface area contributed by atoms with E-state index in [-0.39, 0.29) is 30.3 Å². The smallest absolute Gasteiger partial charge is 0.407 e. The number of fused-ring (bicyclic) bond motifs is 3. The van der Waals surface area contributed by atoms with Crippen LogP contribution < -0.4 is 5.32 Å². The molecule has 0 unspecified atom stereocenters. The summed E-state index contributed by atoms with van der Waals surface area (Å²) < 4.78 is 5.65. The Hall–Kier alpha value is -3.00. The fraction of sp³-hybridized carbons (Fsp3) is 0.444. The molecule has 3 atom stereocenters. The molecule has 3 aliphatic rings. The summed E-state index contributed by atoms with van der Waals surface area (Å²) in [5, 5.41) is 12.3. The van der Waals surface area contributed by atoms with Gasteiger partial charge in [0.25, 0.3) is 0 Å². The lowest BCUT2D eigenvalue weighted by atomic mass is 9.78. The molecule has 2 aromatic carbocycles. The Balaban J connectivity index is 1.19. The highest BCUT2D eigenvalue weighted by atomic mass is 32.2. The summed E-state index contributed by atoms with van der Waals surface area (Å²) in [5.41, 5.74) is 4.69. The Bertz CT molecular complexity index is 1080. The predicted octanol–water partition coefficient (Wildman–Crippen LogP) is 4.32. The molecule has 1 saturated heterocycles. The summed E-state index contributed by atoms with van der Waals surface area (Å²) in [4.78, 5) is 38.9. The number of aliphatic carboxylic acids is 1. The standard InChI is InChI=1S/C27H30N2O5S/c30-25(29-16-35-15-24(29)26(31)32)18-8-2-1-7-17(18)13-28-27(33)34-14-23-21-11-5-3-9-19(21)20-10-4-6-12-22(20)23/h3-6,9-12,17-18,23-24H,1-2,7-8,13-16H2,(H,28,33)(H,31,32)/t17-,18-,24-/m0/s1. The minimum atomic E-state index is -0.951. The first-order valence-electron chi connectivity index (χ1n) is 12.2. The fourth-order valence-corrected chi connectivity index (χ4v) is 6.87. The summed E-state index contributed by atoms with van der Waals surface area (Å²) in [5.74, 6) is -0.489. The van der Waals surface area contributed by atoms with Gasteiger partial charge in [-0.15, -0.1) is 11.8 Å². The highest BCUT2D eigenvalue weighted by Crippen LogP contribution is 2.44. The van der Waals surface area contributed by atoms with Crippen molar-refractivity contribution in [2.75, 3.05) is 24.8 Å². The topological polar surface area (TPSA) is 95.9 Å². The second-order valence-electron chi connectivity index (χ2n) is 9.52. The lowest BCUT2D eigenvalue weighted by Gasteiger charge is -2.34. The van der Waals surface area contributed by atoms with Gasteiger partial charge in [-0.2, -0.15) is 0 Å². The first kappa shape index (κ1) is 23.7. The van der Waals surface area contributed by atoms with Gasteiger partial charge in [-0.05, 0) is 41.0 Å². The number of nitrogens with zero attached hydrogens (tertiary/aromatic N) is 1. The average molecular weight is 495 g/mol. The van der Waals surface area contributed by atoms with Crippen LogP contribution in [0.2, 0.25) is 0 Å². The van der Waals surface area contributed by atoms with E-state index < -0.39 is 18.1 Å². The number of nitrogens with one attached hydrogen (secondary N) is 1. The summed E-state index contributed by atoms with van der Waals surface area (Å²) in [7, 11) is 0. The number of benzene rings is 2. The Morgan fingerprint density at radius 2 is 1.66 bits per heavy atom. The maximum atomic E-state index is 13.2. The molecule has 0 radical (unpaired) electrons. The second kappa shape index (κ2) is 10.3. The van der Waals surface area contributed by atoms with Gasteiger partial charge in [0.15, 0.2) is 0 Å². The molecule has 8 heteroatoms.